The van der Waals surface area contributed by atoms with Crippen LogP contribution in [0.5, 0.6) is 0 Å². The molecular weight excluding hydrogens is 288 g/mol. The lowest BCUT2D eigenvalue weighted by molar-refractivity contribution is -0.154. The number of hydrogen-bond donors (Lipinski definition) is 3. The number of carbonyl (C=O) groups excluding carboxylic acids is 1. The molecule has 1 rings (SSSR count). The fraction of sp³-hybridized carbons (Fsp3) is 0.867. The second-order valence-corrected chi connectivity index (χ2v) is 6.97. The van der Waals surface area contributed by atoms with Gasteiger partial charge in [0.1, 0.15) is 5.60 Å². The lowest BCUT2D eigenvalue weighted by atomic mass is 9.74. The second kappa shape index (κ2) is 7.28. The molecule has 128 valence electrons. The van der Waals surface area contributed by atoms with Gasteiger partial charge in [0.15, 0.2) is 0 Å². The van der Waals surface area contributed by atoms with Crippen molar-refractivity contribution in [2.24, 2.45) is 5.41 Å². The number of nitrogens with zero attached hydrogens (tertiary/aromatic N) is 1. The first-order chi connectivity index (χ1) is 10.1. The number of aliphatic hydroxyl groups excluding tert-OH is 1. The molecule has 0 aliphatic carbocycles. The minimum atomic E-state index is -0.977. The molecule has 1 heterocycles. The van der Waals surface area contributed by atoms with Crippen LogP contribution in [0.2, 0.25) is 0 Å². The van der Waals surface area contributed by atoms with Crippen LogP contribution in [0.25, 0.3) is 0 Å². The highest BCUT2D eigenvalue weighted by atomic mass is 16.6. The van der Waals surface area contributed by atoms with Gasteiger partial charge in [0.05, 0.1) is 11.5 Å². The van der Waals surface area contributed by atoms with Crippen LogP contribution in [0.1, 0.15) is 40.0 Å². The number of nitrogens with one attached hydrogen (secondary N) is 1. The van der Waals surface area contributed by atoms with Crippen LogP contribution in [0.15, 0.2) is 0 Å². The van der Waals surface area contributed by atoms with Crippen LogP contribution in [0, 0.1) is 5.41 Å². The molecular formula is C15H28N2O5. The Hall–Kier alpha value is -1.34. The summed E-state index contributed by atoms with van der Waals surface area (Å²) in [5, 5.41) is 22.3. The van der Waals surface area contributed by atoms with Crippen molar-refractivity contribution in [3.8, 4) is 0 Å². The molecule has 0 aromatic heterocycles. The third-order valence-corrected chi connectivity index (χ3v) is 3.89. The third kappa shape index (κ3) is 5.14. The number of carbonyl (C=O) groups is 2. The van der Waals surface area contributed by atoms with E-state index in [0.29, 0.717) is 32.5 Å². The molecule has 0 radical (unpaired) electrons. The smallest absolute Gasteiger partial charge is 0.410 e. The standard InChI is InChI=1S/C15H28N2O5/c1-14(2,3)22-13(21)17-7-5-15(6-8-17,12(19)20)9-11(18)10-16-4/h11,16,18H,5-10H2,1-4H3,(H,19,20)/t11-/m1/s1. The summed E-state index contributed by atoms with van der Waals surface area (Å²) >= 11 is 0. The van der Waals surface area contributed by atoms with Gasteiger partial charge < -0.3 is 25.2 Å². The van der Waals surface area contributed by atoms with E-state index < -0.39 is 29.2 Å². The first-order valence-electron chi connectivity index (χ1n) is 7.64. The quantitative estimate of drug-likeness (QED) is 0.701. The summed E-state index contributed by atoms with van der Waals surface area (Å²) in [6.07, 6.45) is -0.299. The summed E-state index contributed by atoms with van der Waals surface area (Å²) in [5.41, 5.74) is -1.55. The molecule has 7 heteroatoms. The minimum Gasteiger partial charge on any atom is -0.481 e. The van der Waals surface area contributed by atoms with E-state index in [0.717, 1.165) is 0 Å². The summed E-state index contributed by atoms with van der Waals surface area (Å²) in [7, 11) is 1.71. The normalized spacial score (nSPS) is 19.6. The minimum absolute atomic E-state index is 0.186. The molecule has 1 atom stereocenters. The van der Waals surface area contributed by atoms with Gasteiger partial charge in [0.2, 0.25) is 0 Å². The van der Waals surface area contributed by atoms with Crippen molar-refractivity contribution in [1.29, 1.82) is 0 Å². The van der Waals surface area contributed by atoms with Gasteiger partial charge in [-0.05, 0) is 47.1 Å². The number of hydrogen-bond acceptors (Lipinski definition) is 5. The van der Waals surface area contributed by atoms with Gasteiger partial charge in [-0.1, -0.05) is 0 Å². The van der Waals surface area contributed by atoms with E-state index in [1.165, 1.54) is 4.90 Å². The number of aliphatic carboxylic acids is 1. The molecule has 0 saturated carbocycles. The van der Waals surface area contributed by atoms with Gasteiger partial charge in [-0.25, -0.2) is 4.79 Å². The van der Waals surface area contributed by atoms with Crippen molar-refractivity contribution < 1.29 is 24.5 Å². The number of amides is 1. The van der Waals surface area contributed by atoms with Gasteiger partial charge in [0, 0.05) is 19.6 Å². The fourth-order valence-electron chi connectivity index (χ4n) is 2.71. The highest BCUT2D eigenvalue weighted by Crippen LogP contribution is 2.37. The molecule has 0 unspecified atom stereocenters. The molecule has 1 saturated heterocycles. The van der Waals surface area contributed by atoms with Crippen LogP contribution in [0.3, 0.4) is 0 Å². The van der Waals surface area contributed by atoms with E-state index in [9.17, 15) is 19.8 Å². The zero-order valence-corrected chi connectivity index (χ0v) is 13.9. The van der Waals surface area contributed by atoms with Gasteiger partial charge in [-0.2, -0.15) is 0 Å². The van der Waals surface area contributed by atoms with E-state index in [-0.39, 0.29) is 6.42 Å². The van der Waals surface area contributed by atoms with Crippen LogP contribution in [0.4, 0.5) is 4.79 Å². The number of likely N-dealkylation sites (N-methyl/N-ethyl adjacent to an activating group) is 1. The lowest BCUT2D eigenvalue weighted by Gasteiger charge is -2.40. The highest BCUT2D eigenvalue weighted by molar-refractivity contribution is 5.75. The number of carboxylic acids is 1. The topological polar surface area (TPSA) is 99.1 Å². The molecule has 0 aromatic carbocycles. The maximum Gasteiger partial charge on any atom is 0.410 e. The van der Waals surface area contributed by atoms with Gasteiger partial charge in [-0.15, -0.1) is 0 Å². The number of rotatable bonds is 5. The van der Waals surface area contributed by atoms with E-state index in [1.54, 1.807) is 27.8 Å². The van der Waals surface area contributed by atoms with E-state index >= 15 is 0 Å². The zero-order valence-electron chi connectivity index (χ0n) is 13.9. The number of ether oxygens (including phenoxy) is 1. The maximum atomic E-state index is 12.0. The summed E-state index contributed by atoms with van der Waals surface area (Å²) in [6, 6.07) is 0. The van der Waals surface area contributed by atoms with Gasteiger partial charge in [0.25, 0.3) is 0 Å². The maximum absolute atomic E-state index is 12.0. The number of likely N-dealkylation sites (tertiary alicyclic amines) is 1. The Kier molecular flexibility index (Phi) is 6.19. The van der Waals surface area contributed by atoms with Gasteiger partial charge in [-0.3, -0.25) is 4.79 Å². The monoisotopic (exact) mass is 316 g/mol. The Balaban J connectivity index is 2.66. The fourth-order valence-corrected chi connectivity index (χ4v) is 2.71. The van der Waals surface area contributed by atoms with Gasteiger partial charge >= 0.3 is 12.1 Å². The molecule has 1 aliphatic rings. The average molecular weight is 316 g/mol. The Morgan fingerprint density at radius 3 is 2.27 bits per heavy atom. The molecule has 1 amide bonds. The molecule has 22 heavy (non-hydrogen) atoms. The van der Waals surface area contributed by atoms with Crippen LogP contribution in [-0.4, -0.2) is 65.6 Å². The molecule has 3 N–H and O–H groups in total. The Morgan fingerprint density at radius 2 is 1.86 bits per heavy atom. The molecule has 0 spiro atoms. The molecule has 1 fully saturated rings. The highest BCUT2D eigenvalue weighted by Gasteiger charge is 2.44. The van der Waals surface area contributed by atoms with Crippen LogP contribution < -0.4 is 5.32 Å². The van der Waals surface area contributed by atoms with E-state index in [2.05, 4.69) is 5.32 Å². The van der Waals surface area contributed by atoms with Crippen LogP contribution in [-0.2, 0) is 9.53 Å². The summed E-state index contributed by atoms with van der Waals surface area (Å²) in [4.78, 5) is 25.2. The SMILES string of the molecule is CNC[C@H](O)CC1(C(=O)O)CCN(C(=O)OC(C)(C)C)CC1. The Bertz CT molecular complexity index is 397. The van der Waals surface area contributed by atoms with Crippen LogP contribution >= 0.6 is 0 Å². The predicted molar refractivity (Wildman–Crippen MR) is 81.7 cm³/mol. The number of aliphatic hydroxyl groups is 1. The zero-order chi connectivity index (χ0) is 17.0. The first-order valence-corrected chi connectivity index (χ1v) is 7.64. The lowest BCUT2D eigenvalue weighted by Crippen LogP contribution is -2.49. The molecule has 1 aliphatic heterocycles. The number of carboxylic acid groups (broad SMARTS) is 1. The van der Waals surface area contributed by atoms with E-state index in [4.69, 9.17) is 4.74 Å². The summed E-state index contributed by atoms with van der Waals surface area (Å²) < 4.78 is 5.31. The predicted octanol–water partition coefficient (Wildman–Crippen LogP) is 1.06. The largest absolute Gasteiger partial charge is 0.481 e. The van der Waals surface area contributed by atoms with E-state index in [1.807, 2.05) is 0 Å². The first kappa shape index (κ1) is 18.7. The van der Waals surface area contributed by atoms with Crippen molar-refractivity contribution in [3.05, 3.63) is 0 Å². The van der Waals surface area contributed by atoms with Crippen molar-refractivity contribution in [1.82, 2.24) is 10.2 Å². The summed E-state index contributed by atoms with van der Waals surface area (Å²) in [6.45, 7) is 6.39. The molecule has 0 aromatic rings. The van der Waals surface area contributed by atoms with Crippen molar-refractivity contribution in [2.75, 3.05) is 26.7 Å². The molecule has 7 nitrogen and oxygen atoms in total. The Labute approximate surface area is 131 Å². The average Bonchev–Trinajstić information content (AvgIpc) is 2.37. The Morgan fingerprint density at radius 1 is 1.32 bits per heavy atom. The van der Waals surface area contributed by atoms with Crippen molar-refractivity contribution in [2.45, 2.75) is 51.7 Å². The number of piperidine rings is 1. The third-order valence-electron chi connectivity index (χ3n) is 3.89. The summed E-state index contributed by atoms with van der Waals surface area (Å²) in [5.74, 6) is -0.911. The second-order valence-electron chi connectivity index (χ2n) is 6.97. The molecule has 0 bridgehead atoms. The van der Waals surface area contributed by atoms with Crippen molar-refractivity contribution in [3.63, 3.8) is 0 Å². The van der Waals surface area contributed by atoms with Crippen molar-refractivity contribution >= 4 is 12.1 Å².